The molecule has 0 aliphatic heterocycles. The molecule has 0 aliphatic rings. The fraction of sp³-hybridized carbons (Fsp3) is 0.235. The molecule has 1 aromatic heterocycles. The van der Waals surface area contributed by atoms with Crippen molar-refractivity contribution in [3.05, 3.63) is 60.2 Å². The number of hydrogen-bond donors (Lipinski definition) is 0. The van der Waals surface area contributed by atoms with Crippen LogP contribution in [0.3, 0.4) is 0 Å². The van der Waals surface area contributed by atoms with Gasteiger partial charge < -0.3 is 4.74 Å². The number of tetrazole rings is 1. The van der Waals surface area contributed by atoms with Crippen LogP contribution in [0.2, 0.25) is 0 Å². The van der Waals surface area contributed by atoms with Gasteiger partial charge in [0, 0.05) is 5.75 Å². The fourth-order valence-electron chi connectivity index (χ4n) is 2.15. The predicted molar refractivity (Wildman–Crippen MR) is 91.2 cm³/mol. The zero-order valence-electron chi connectivity index (χ0n) is 12.9. The maximum absolute atomic E-state index is 5.79. The summed E-state index contributed by atoms with van der Waals surface area (Å²) in [6.45, 7) is 2.75. The molecule has 0 saturated heterocycles. The van der Waals surface area contributed by atoms with E-state index in [0.717, 1.165) is 28.8 Å². The van der Waals surface area contributed by atoms with Crippen LogP contribution < -0.4 is 4.74 Å². The number of para-hydroxylation sites is 1. The third-order valence-electron chi connectivity index (χ3n) is 3.33. The first-order chi connectivity index (χ1) is 11.4. The Balaban J connectivity index is 1.54. The molecule has 0 unspecified atom stereocenters. The lowest BCUT2D eigenvalue weighted by atomic mass is 10.2. The van der Waals surface area contributed by atoms with Crippen molar-refractivity contribution >= 4 is 11.8 Å². The summed E-state index contributed by atoms with van der Waals surface area (Å²) in [6.07, 6.45) is 1.01. The van der Waals surface area contributed by atoms with E-state index in [1.54, 1.807) is 16.4 Å². The summed E-state index contributed by atoms with van der Waals surface area (Å²) in [5.41, 5.74) is 2.24. The van der Waals surface area contributed by atoms with Crippen molar-refractivity contribution < 1.29 is 4.74 Å². The fourth-order valence-corrected chi connectivity index (χ4v) is 2.86. The number of aryl methyl sites for hydroxylation is 1. The second-order valence-corrected chi connectivity index (χ2v) is 5.97. The Bertz CT molecular complexity index is 745. The molecule has 0 bridgehead atoms. The molecule has 2 aromatic carbocycles. The summed E-state index contributed by atoms with van der Waals surface area (Å²) in [7, 11) is 0. The first-order valence-electron chi connectivity index (χ1n) is 7.55. The van der Waals surface area contributed by atoms with Crippen molar-refractivity contribution in [1.82, 2.24) is 20.2 Å². The SMILES string of the molecule is CCc1cccc(OCCSc2nnnn2-c2ccccc2)c1. The summed E-state index contributed by atoms with van der Waals surface area (Å²) in [6, 6.07) is 18.1. The summed E-state index contributed by atoms with van der Waals surface area (Å²) >= 11 is 1.58. The lowest BCUT2D eigenvalue weighted by Gasteiger charge is -2.07. The molecule has 3 aromatic rings. The van der Waals surface area contributed by atoms with Crippen LogP contribution in [0.25, 0.3) is 5.69 Å². The minimum Gasteiger partial charge on any atom is -0.493 e. The van der Waals surface area contributed by atoms with Gasteiger partial charge in [0.05, 0.1) is 12.3 Å². The molecule has 0 spiro atoms. The third-order valence-corrected chi connectivity index (χ3v) is 4.22. The Hall–Kier alpha value is -2.34. The lowest BCUT2D eigenvalue weighted by molar-refractivity contribution is 0.343. The van der Waals surface area contributed by atoms with Gasteiger partial charge in [0.25, 0.3) is 0 Å². The highest BCUT2D eigenvalue weighted by Gasteiger charge is 2.08. The second kappa shape index (κ2) is 7.78. The van der Waals surface area contributed by atoms with E-state index in [9.17, 15) is 0 Å². The van der Waals surface area contributed by atoms with Gasteiger partial charge in [-0.05, 0) is 46.7 Å². The Morgan fingerprint density at radius 2 is 1.96 bits per heavy atom. The normalized spacial score (nSPS) is 10.7. The van der Waals surface area contributed by atoms with E-state index in [2.05, 4.69) is 34.6 Å². The van der Waals surface area contributed by atoms with Gasteiger partial charge in [-0.3, -0.25) is 0 Å². The van der Waals surface area contributed by atoms with Crippen LogP contribution in [0, 0.1) is 0 Å². The Kier molecular flexibility index (Phi) is 5.26. The number of hydrogen-bond acceptors (Lipinski definition) is 5. The molecule has 118 valence electrons. The van der Waals surface area contributed by atoms with E-state index in [1.165, 1.54) is 5.56 Å². The highest BCUT2D eigenvalue weighted by atomic mass is 32.2. The number of aromatic nitrogens is 4. The van der Waals surface area contributed by atoms with E-state index in [-0.39, 0.29) is 0 Å². The number of ether oxygens (including phenoxy) is 1. The van der Waals surface area contributed by atoms with E-state index in [4.69, 9.17) is 4.74 Å². The minimum absolute atomic E-state index is 0.611. The van der Waals surface area contributed by atoms with Gasteiger partial charge in [-0.2, -0.15) is 4.68 Å². The van der Waals surface area contributed by atoms with Crippen LogP contribution in [0.15, 0.2) is 59.8 Å². The van der Waals surface area contributed by atoms with Gasteiger partial charge in [0.15, 0.2) is 0 Å². The summed E-state index contributed by atoms with van der Waals surface area (Å²) < 4.78 is 7.53. The van der Waals surface area contributed by atoms with Crippen LogP contribution in [-0.4, -0.2) is 32.6 Å². The van der Waals surface area contributed by atoms with E-state index in [0.29, 0.717) is 6.61 Å². The number of nitrogens with zero attached hydrogens (tertiary/aromatic N) is 4. The van der Waals surface area contributed by atoms with Crippen LogP contribution in [-0.2, 0) is 6.42 Å². The van der Waals surface area contributed by atoms with Crippen LogP contribution >= 0.6 is 11.8 Å². The number of rotatable bonds is 7. The smallest absolute Gasteiger partial charge is 0.214 e. The summed E-state index contributed by atoms with van der Waals surface area (Å²) in [5.74, 6) is 1.69. The molecular formula is C17H18N4OS. The van der Waals surface area contributed by atoms with Crippen molar-refractivity contribution in [1.29, 1.82) is 0 Å². The van der Waals surface area contributed by atoms with Crippen molar-refractivity contribution in [2.45, 2.75) is 18.5 Å². The van der Waals surface area contributed by atoms with Gasteiger partial charge in [-0.25, -0.2) is 0 Å². The van der Waals surface area contributed by atoms with Gasteiger partial charge in [0.1, 0.15) is 5.75 Å². The first-order valence-corrected chi connectivity index (χ1v) is 8.53. The second-order valence-electron chi connectivity index (χ2n) is 4.91. The molecule has 23 heavy (non-hydrogen) atoms. The Morgan fingerprint density at radius 1 is 1.09 bits per heavy atom. The van der Waals surface area contributed by atoms with Gasteiger partial charge in [-0.1, -0.05) is 49.0 Å². The Morgan fingerprint density at radius 3 is 2.78 bits per heavy atom. The standard InChI is InChI=1S/C17H18N4OS/c1-2-14-7-6-10-16(13-14)22-11-12-23-17-18-19-20-21(17)15-8-4-3-5-9-15/h3-10,13H,2,11-12H2,1H3. The number of thioether (sulfide) groups is 1. The van der Waals surface area contributed by atoms with Crippen LogP contribution in [0.4, 0.5) is 0 Å². The maximum Gasteiger partial charge on any atom is 0.214 e. The van der Waals surface area contributed by atoms with Crippen LogP contribution in [0.5, 0.6) is 5.75 Å². The van der Waals surface area contributed by atoms with Crippen molar-refractivity contribution in [3.8, 4) is 11.4 Å². The van der Waals surface area contributed by atoms with E-state index in [1.807, 2.05) is 42.5 Å². The summed E-state index contributed by atoms with van der Waals surface area (Å²) in [5, 5.41) is 12.6. The zero-order valence-corrected chi connectivity index (χ0v) is 13.7. The zero-order chi connectivity index (χ0) is 15.9. The average Bonchev–Trinajstić information content (AvgIpc) is 3.08. The van der Waals surface area contributed by atoms with Crippen LogP contribution in [0.1, 0.15) is 12.5 Å². The minimum atomic E-state index is 0.611. The molecule has 0 radical (unpaired) electrons. The molecule has 3 rings (SSSR count). The molecule has 6 heteroatoms. The molecule has 0 aliphatic carbocycles. The molecule has 0 fully saturated rings. The Labute approximate surface area is 139 Å². The number of benzene rings is 2. The molecule has 0 atom stereocenters. The topological polar surface area (TPSA) is 52.8 Å². The average molecular weight is 326 g/mol. The lowest BCUT2D eigenvalue weighted by Crippen LogP contribution is -2.03. The molecule has 0 saturated carbocycles. The van der Waals surface area contributed by atoms with Crippen molar-refractivity contribution in [2.75, 3.05) is 12.4 Å². The third kappa shape index (κ3) is 4.10. The molecule has 0 N–H and O–H groups in total. The molecule has 0 amide bonds. The quantitative estimate of drug-likeness (QED) is 0.492. The van der Waals surface area contributed by atoms with Gasteiger partial charge in [-0.15, -0.1) is 5.10 Å². The predicted octanol–water partition coefficient (Wildman–Crippen LogP) is 3.40. The molecule has 5 nitrogen and oxygen atoms in total. The molecular weight excluding hydrogens is 308 g/mol. The largest absolute Gasteiger partial charge is 0.493 e. The maximum atomic E-state index is 5.79. The monoisotopic (exact) mass is 326 g/mol. The first kappa shape index (κ1) is 15.6. The molecule has 1 heterocycles. The highest BCUT2D eigenvalue weighted by Crippen LogP contribution is 2.19. The van der Waals surface area contributed by atoms with E-state index < -0.39 is 0 Å². The van der Waals surface area contributed by atoms with Gasteiger partial charge >= 0.3 is 0 Å². The van der Waals surface area contributed by atoms with Crippen molar-refractivity contribution in [2.24, 2.45) is 0 Å². The van der Waals surface area contributed by atoms with Gasteiger partial charge in [0.2, 0.25) is 5.16 Å². The van der Waals surface area contributed by atoms with Crippen molar-refractivity contribution in [3.63, 3.8) is 0 Å². The summed E-state index contributed by atoms with van der Waals surface area (Å²) in [4.78, 5) is 0. The van der Waals surface area contributed by atoms with E-state index >= 15 is 0 Å². The highest BCUT2D eigenvalue weighted by molar-refractivity contribution is 7.99.